The molecule has 1 aliphatic carbocycles. The fourth-order valence-electron chi connectivity index (χ4n) is 2.94. The van der Waals surface area contributed by atoms with E-state index >= 15 is 0 Å². The molecule has 24 heavy (non-hydrogen) atoms. The number of hydrogen-bond acceptors (Lipinski definition) is 3. The molecule has 0 aliphatic heterocycles. The lowest BCUT2D eigenvalue weighted by Gasteiger charge is -2.26. The van der Waals surface area contributed by atoms with Crippen LogP contribution in [0, 0.1) is 5.92 Å². The van der Waals surface area contributed by atoms with Crippen LogP contribution < -0.4 is 0 Å². The summed E-state index contributed by atoms with van der Waals surface area (Å²) in [4.78, 5) is 12.1. The van der Waals surface area contributed by atoms with Crippen LogP contribution in [0.15, 0.2) is 42.5 Å². The molecule has 0 aromatic heterocycles. The standard InChI is InChI=1S/C21H24O3/c1-4-5-12-23-18-13-19(24-21(22)14(2)3)17-11-7-9-15-8-6-10-16(18)20(15)17/h6-11,13-14,19H,4-5,12H2,1-3H3. The number of hydrogen-bond donors (Lipinski definition) is 0. The molecule has 126 valence electrons. The zero-order valence-electron chi connectivity index (χ0n) is 14.5. The summed E-state index contributed by atoms with van der Waals surface area (Å²) < 4.78 is 11.8. The minimum absolute atomic E-state index is 0.153. The monoisotopic (exact) mass is 324 g/mol. The van der Waals surface area contributed by atoms with Gasteiger partial charge in [0.1, 0.15) is 11.9 Å². The van der Waals surface area contributed by atoms with E-state index in [-0.39, 0.29) is 11.9 Å². The van der Waals surface area contributed by atoms with Crippen molar-refractivity contribution in [3.8, 4) is 0 Å². The summed E-state index contributed by atoms with van der Waals surface area (Å²) in [7, 11) is 0. The molecule has 0 amide bonds. The zero-order valence-corrected chi connectivity index (χ0v) is 14.5. The molecule has 2 aromatic carbocycles. The first-order valence-corrected chi connectivity index (χ1v) is 8.69. The first-order valence-electron chi connectivity index (χ1n) is 8.69. The molecule has 1 aliphatic rings. The molecule has 3 nitrogen and oxygen atoms in total. The van der Waals surface area contributed by atoms with E-state index < -0.39 is 6.10 Å². The Morgan fingerprint density at radius 1 is 1.17 bits per heavy atom. The Hall–Kier alpha value is -2.29. The van der Waals surface area contributed by atoms with Crippen molar-refractivity contribution in [3.63, 3.8) is 0 Å². The van der Waals surface area contributed by atoms with Gasteiger partial charge in [0.25, 0.3) is 0 Å². The van der Waals surface area contributed by atoms with Crippen LogP contribution in [-0.4, -0.2) is 12.6 Å². The summed E-state index contributed by atoms with van der Waals surface area (Å²) in [6.07, 6.45) is 3.63. The number of carbonyl (C=O) groups excluding carboxylic acids is 1. The number of rotatable bonds is 6. The highest BCUT2D eigenvalue weighted by molar-refractivity contribution is 5.97. The van der Waals surface area contributed by atoms with Crippen molar-refractivity contribution in [1.29, 1.82) is 0 Å². The zero-order chi connectivity index (χ0) is 17.1. The Morgan fingerprint density at radius 3 is 2.62 bits per heavy atom. The van der Waals surface area contributed by atoms with E-state index in [0.29, 0.717) is 6.61 Å². The van der Waals surface area contributed by atoms with Gasteiger partial charge < -0.3 is 9.47 Å². The molecule has 0 N–H and O–H groups in total. The van der Waals surface area contributed by atoms with Gasteiger partial charge in [0, 0.05) is 17.2 Å². The molecular formula is C21H24O3. The SMILES string of the molecule is CCCCOC1=CC(OC(=O)C(C)C)c2cccc3cccc1c23. The van der Waals surface area contributed by atoms with Gasteiger partial charge in [-0.25, -0.2) is 0 Å². The Labute approximate surface area is 143 Å². The molecule has 0 saturated carbocycles. The van der Waals surface area contributed by atoms with Crippen molar-refractivity contribution < 1.29 is 14.3 Å². The van der Waals surface area contributed by atoms with E-state index in [1.54, 1.807) is 0 Å². The van der Waals surface area contributed by atoms with Crippen LogP contribution in [-0.2, 0) is 14.3 Å². The third-order valence-electron chi connectivity index (χ3n) is 4.28. The van der Waals surface area contributed by atoms with Crippen molar-refractivity contribution >= 4 is 22.5 Å². The summed E-state index contributed by atoms with van der Waals surface area (Å²) in [6, 6.07) is 12.3. The van der Waals surface area contributed by atoms with Crippen LogP contribution in [0.3, 0.4) is 0 Å². The molecule has 1 atom stereocenters. The second-order valence-electron chi connectivity index (χ2n) is 6.50. The minimum Gasteiger partial charge on any atom is -0.493 e. The van der Waals surface area contributed by atoms with Crippen molar-refractivity contribution in [1.82, 2.24) is 0 Å². The lowest BCUT2D eigenvalue weighted by atomic mass is 9.90. The largest absolute Gasteiger partial charge is 0.493 e. The third-order valence-corrected chi connectivity index (χ3v) is 4.28. The summed E-state index contributed by atoms with van der Waals surface area (Å²) in [5.41, 5.74) is 2.11. The molecule has 0 spiro atoms. The Bertz CT molecular complexity index is 768. The molecule has 0 heterocycles. The minimum atomic E-state index is -0.393. The quantitative estimate of drug-likeness (QED) is 0.537. The lowest BCUT2D eigenvalue weighted by molar-refractivity contribution is -0.150. The summed E-state index contributed by atoms with van der Waals surface area (Å²) in [5, 5.41) is 2.26. The summed E-state index contributed by atoms with van der Waals surface area (Å²) in [5.74, 6) is 0.467. The van der Waals surface area contributed by atoms with Crippen LogP contribution >= 0.6 is 0 Å². The predicted octanol–water partition coefficient (Wildman–Crippen LogP) is 5.25. The maximum atomic E-state index is 12.1. The van der Waals surface area contributed by atoms with Crippen LogP contribution in [0.4, 0.5) is 0 Å². The van der Waals surface area contributed by atoms with Crippen LogP contribution in [0.1, 0.15) is 50.8 Å². The number of ether oxygens (including phenoxy) is 2. The Kier molecular flexibility index (Phi) is 4.89. The van der Waals surface area contributed by atoms with Crippen molar-refractivity contribution in [2.24, 2.45) is 5.92 Å². The van der Waals surface area contributed by atoms with Gasteiger partial charge in [-0.1, -0.05) is 63.6 Å². The number of carbonyl (C=O) groups is 1. The fourth-order valence-corrected chi connectivity index (χ4v) is 2.94. The van der Waals surface area contributed by atoms with Gasteiger partial charge in [-0.3, -0.25) is 4.79 Å². The van der Waals surface area contributed by atoms with E-state index in [1.165, 1.54) is 0 Å². The first-order chi connectivity index (χ1) is 11.6. The third kappa shape index (κ3) is 3.16. The van der Waals surface area contributed by atoms with Gasteiger partial charge in [-0.2, -0.15) is 0 Å². The van der Waals surface area contributed by atoms with Crippen molar-refractivity contribution in [3.05, 3.63) is 53.6 Å². The van der Waals surface area contributed by atoms with E-state index in [1.807, 2.05) is 38.1 Å². The molecule has 2 aromatic rings. The van der Waals surface area contributed by atoms with Crippen LogP contribution in [0.5, 0.6) is 0 Å². The van der Waals surface area contributed by atoms with Gasteiger partial charge >= 0.3 is 5.97 Å². The molecule has 0 saturated heterocycles. The number of benzene rings is 2. The Balaban J connectivity index is 2.03. The van der Waals surface area contributed by atoms with E-state index in [9.17, 15) is 4.79 Å². The van der Waals surface area contributed by atoms with Crippen LogP contribution in [0.2, 0.25) is 0 Å². The molecule has 3 rings (SSSR count). The molecule has 0 fully saturated rings. The summed E-state index contributed by atoms with van der Waals surface area (Å²) in [6.45, 7) is 6.51. The maximum Gasteiger partial charge on any atom is 0.309 e. The molecule has 0 radical (unpaired) electrons. The number of unbranched alkanes of at least 4 members (excludes halogenated alkanes) is 1. The topological polar surface area (TPSA) is 35.5 Å². The molecule has 0 bridgehead atoms. The average molecular weight is 324 g/mol. The highest BCUT2D eigenvalue weighted by atomic mass is 16.5. The fraction of sp³-hybridized carbons (Fsp3) is 0.381. The van der Waals surface area contributed by atoms with Crippen molar-refractivity contribution in [2.75, 3.05) is 6.61 Å². The van der Waals surface area contributed by atoms with E-state index in [2.05, 4.69) is 25.1 Å². The second-order valence-corrected chi connectivity index (χ2v) is 6.50. The van der Waals surface area contributed by atoms with E-state index in [4.69, 9.17) is 9.47 Å². The highest BCUT2D eigenvalue weighted by Gasteiger charge is 2.26. The van der Waals surface area contributed by atoms with Crippen LogP contribution in [0.25, 0.3) is 16.5 Å². The molecular weight excluding hydrogens is 300 g/mol. The lowest BCUT2D eigenvalue weighted by Crippen LogP contribution is -2.17. The van der Waals surface area contributed by atoms with Crippen molar-refractivity contribution in [2.45, 2.75) is 39.7 Å². The smallest absolute Gasteiger partial charge is 0.309 e. The molecule has 1 unspecified atom stereocenters. The van der Waals surface area contributed by atoms with Gasteiger partial charge in [0.2, 0.25) is 0 Å². The Morgan fingerprint density at radius 2 is 1.92 bits per heavy atom. The maximum absolute atomic E-state index is 12.1. The van der Waals surface area contributed by atoms with Gasteiger partial charge in [-0.15, -0.1) is 0 Å². The van der Waals surface area contributed by atoms with Gasteiger partial charge in [-0.05, 0) is 17.2 Å². The highest BCUT2D eigenvalue weighted by Crippen LogP contribution is 2.39. The second kappa shape index (κ2) is 7.08. The first kappa shape index (κ1) is 16.6. The normalized spacial score (nSPS) is 16.2. The van der Waals surface area contributed by atoms with E-state index in [0.717, 1.165) is 40.5 Å². The predicted molar refractivity (Wildman–Crippen MR) is 96.5 cm³/mol. The van der Waals surface area contributed by atoms with Gasteiger partial charge in [0.05, 0.1) is 12.5 Å². The number of esters is 1. The summed E-state index contributed by atoms with van der Waals surface area (Å²) >= 11 is 0. The molecule has 3 heteroatoms. The van der Waals surface area contributed by atoms with Gasteiger partial charge in [0.15, 0.2) is 0 Å². The average Bonchev–Trinajstić information content (AvgIpc) is 2.58.